The van der Waals surface area contributed by atoms with Gasteiger partial charge in [0.15, 0.2) is 5.82 Å². The van der Waals surface area contributed by atoms with E-state index in [0.29, 0.717) is 5.82 Å². The van der Waals surface area contributed by atoms with Crippen LogP contribution in [0, 0.1) is 0 Å². The van der Waals surface area contributed by atoms with E-state index in [1.54, 1.807) is 0 Å². The Morgan fingerprint density at radius 2 is 0.852 bits per heavy atom. The second kappa shape index (κ2) is 13.1. The largest absolute Gasteiger partial charge is 0.456 e. The summed E-state index contributed by atoms with van der Waals surface area (Å²) in [6, 6.07) is 65.6. The highest BCUT2D eigenvalue weighted by Gasteiger charge is 2.41. The summed E-state index contributed by atoms with van der Waals surface area (Å²) in [4.78, 5) is 10.2. The highest BCUT2D eigenvalue weighted by atomic mass is 16.3. The molecule has 0 amide bonds. The maximum atomic E-state index is 6.27. The number of nitrogens with zero attached hydrogens (tertiary/aromatic N) is 2. The first-order chi connectivity index (χ1) is 29.7. The van der Waals surface area contributed by atoms with Crippen LogP contribution in [0.5, 0.6) is 0 Å². The van der Waals surface area contributed by atoms with E-state index in [1.165, 1.54) is 55.6 Å². The molecular weight excluding hydrogens is 741 g/mol. The molecule has 2 aromatic heterocycles. The summed E-state index contributed by atoms with van der Waals surface area (Å²) in [6.07, 6.45) is 0. The van der Waals surface area contributed by atoms with Gasteiger partial charge < -0.3 is 4.42 Å². The molecule has 3 heteroatoms. The minimum absolute atomic E-state index is 0.0236. The Morgan fingerprint density at radius 1 is 0.328 bits per heavy atom. The Kier molecular flexibility index (Phi) is 7.62. The Labute approximate surface area is 356 Å². The predicted octanol–water partition coefficient (Wildman–Crippen LogP) is 15.3. The molecule has 10 aromatic rings. The normalized spacial score (nSPS) is 14.2. The van der Waals surface area contributed by atoms with E-state index in [2.05, 4.69) is 173 Å². The van der Waals surface area contributed by atoms with Crippen molar-refractivity contribution in [1.82, 2.24) is 9.97 Å². The van der Waals surface area contributed by atoms with Gasteiger partial charge in [-0.3, -0.25) is 0 Å². The summed E-state index contributed by atoms with van der Waals surface area (Å²) in [5.74, 6) is 0.687. The molecule has 0 fully saturated rings. The third-order valence-electron chi connectivity index (χ3n) is 13.5. The first-order valence-corrected chi connectivity index (χ1v) is 21.2. The van der Waals surface area contributed by atoms with Crippen molar-refractivity contribution in [2.24, 2.45) is 0 Å². The molecule has 0 atom stereocenters. The van der Waals surface area contributed by atoms with Crippen molar-refractivity contribution in [2.75, 3.05) is 0 Å². The molecule has 290 valence electrons. The molecule has 2 aliphatic carbocycles. The zero-order valence-electron chi connectivity index (χ0n) is 34.6. The van der Waals surface area contributed by atoms with Gasteiger partial charge >= 0.3 is 0 Å². The Bertz CT molecular complexity index is 3410. The maximum Gasteiger partial charge on any atom is 0.160 e. The standard InChI is InChI=1S/C58H42N2O/c1-57(2)48-19-10-8-17-42(48)46-32-51-47(33-50(46)57)43-27-25-39(30-49(43)58(51,3)4)36-23-21-35(22-24-36)38-15-12-16-40(29-38)52-34-53(60-56(59-52)37-13-6-5-7-14-37)41-26-28-45-44-18-9-11-20-54(44)61-55(45)31-41/h5-34H,1-4H3. The van der Waals surface area contributed by atoms with Crippen LogP contribution in [0.15, 0.2) is 186 Å². The lowest BCUT2D eigenvalue weighted by Crippen LogP contribution is -2.17. The van der Waals surface area contributed by atoms with Crippen LogP contribution in [0.2, 0.25) is 0 Å². The van der Waals surface area contributed by atoms with Crippen molar-refractivity contribution in [3.8, 4) is 78.4 Å². The van der Waals surface area contributed by atoms with Crippen molar-refractivity contribution >= 4 is 21.9 Å². The van der Waals surface area contributed by atoms with Crippen LogP contribution < -0.4 is 0 Å². The number of benzene rings is 8. The van der Waals surface area contributed by atoms with Crippen LogP contribution in [0.25, 0.3) is 100 Å². The lowest BCUT2D eigenvalue weighted by atomic mass is 9.79. The van der Waals surface area contributed by atoms with Gasteiger partial charge in [-0.1, -0.05) is 161 Å². The quantitative estimate of drug-likeness (QED) is 0.175. The van der Waals surface area contributed by atoms with Gasteiger partial charge in [0, 0.05) is 38.3 Å². The molecule has 12 rings (SSSR count). The number of hydrogen-bond donors (Lipinski definition) is 0. The average molecular weight is 783 g/mol. The molecule has 8 aromatic carbocycles. The third-order valence-corrected chi connectivity index (χ3v) is 13.5. The van der Waals surface area contributed by atoms with E-state index >= 15 is 0 Å². The van der Waals surface area contributed by atoms with Crippen molar-refractivity contribution in [3.63, 3.8) is 0 Å². The highest BCUT2D eigenvalue weighted by molar-refractivity contribution is 6.06. The molecule has 0 spiro atoms. The molecule has 2 heterocycles. The summed E-state index contributed by atoms with van der Waals surface area (Å²) >= 11 is 0. The van der Waals surface area contributed by atoms with E-state index < -0.39 is 0 Å². The van der Waals surface area contributed by atoms with Gasteiger partial charge in [-0.25, -0.2) is 9.97 Å². The molecule has 0 N–H and O–H groups in total. The monoisotopic (exact) mass is 782 g/mol. The Balaban J connectivity index is 0.876. The SMILES string of the molecule is CC1(C)c2ccccc2-c2cc3c(cc21)-c1ccc(-c2ccc(-c4cccc(-c5cc(-c6ccc7c(c6)oc6ccccc67)nc(-c6ccccc6)n5)c4)cc2)cc1C3(C)C. The van der Waals surface area contributed by atoms with Gasteiger partial charge in [-0.05, 0) is 115 Å². The second-order valence-corrected chi connectivity index (χ2v) is 17.8. The molecule has 0 unspecified atom stereocenters. The number of hydrogen-bond acceptors (Lipinski definition) is 3. The third kappa shape index (κ3) is 5.50. The fraction of sp³-hybridized carbons (Fsp3) is 0.103. The predicted molar refractivity (Wildman–Crippen MR) is 252 cm³/mol. The molecule has 0 saturated heterocycles. The summed E-state index contributed by atoms with van der Waals surface area (Å²) in [5.41, 5.74) is 22.2. The molecule has 0 radical (unpaired) electrons. The van der Waals surface area contributed by atoms with E-state index in [-0.39, 0.29) is 10.8 Å². The van der Waals surface area contributed by atoms with E-state index in [9.17, 15) is 0 Å². The Morgan fingerprint density at radius 3 is 1.61 bits per heavy atom. The van der Waals surface area contributed by atoms with Gasteiger partial charge in [0.25, 0.3) is 0 Å². The number of para-hydroxylation sites is 1. The number of aromatic nitrogens is 2. The minimum Gasteiger partial charge on any atom is -0.456 e. The molecule has 0 saturated carbocycles. The Hall–Kier alpha value is -7.36. The van der Waals surface area contributed by atoms with Gasteiger partial charge in [0.2, 0.25) is 0 Å². The van der Waals surface area contributed by atoms with Crippen LogP contribution in [0.1, 0.15) is 49.9 Å². The molecule has 3 nitrogen and oxygen atoms in total. The summed E-state index contributed by atoms with van der Waals surface area (Å²) in [5, 5.41) is 2.21. The minimum atomic E-state index is -0.112. The summed E-state index contributed by atoms with van der Waals surface area (Å²) < 4.78 is 6.27. The fourth-order valence-corrected chi connectivity index (χ4v) is 10.2. The van der Waals surface area contributed by atoms with Crippen LogP contribution >= 0.6 is 0 Å². The molecule has 0 bridgehead atoms. The topological polar surface area (TPSA) is 38.9 Å². The van der Waals surface area contributed by atoms with Gasteiger partial charge in [0.1, 0.15) is 11.2 Å². The first-order valence-electron chi connectivity index (χ1n) is 21.2. The lowest BCUT2D eigenvalue weighted by Gasteiger charge is -2.24. The van der Waals surface area contributed by atoms with Crippen molar-refractivity contribution in [3.05, 3.63) is 204 Å². The fourth-order valence-electron chi connectivity index (χ4n) is 10.2. The van der Waals surface area contributed by atoms with Gasteiger partial charge in [-0.2, -0.15) is 0 Å². The molecular formula is C58H42N2O. The van der Waals surface area contributed by atoms with E-state index in [4.69, 9.17) is 14.4 Å². The lowest BCUT2D eigenvalue weighted by molar-refractivity contribution is 0.652. The highest BCUT2D eigenvalue weighted by Crippen LogP contribution is 2.56. The molecule has 61 heavy (non-hydrogen) atoms. The molecule has 0 aliphatic heterocycles. The van der Waals surface area contributed by atoms with Crippen LogP contribution in [-0.2, 0) is 10.8 Å². The second-order valence-electron chi connectivity index (χ2n) is 17.8. The van der Waals surface area contributed by atoms with Crippen molar-refractivity contribution in [1.29, 1.82) is 0 Å². The van der Waals surface area contributed by atoms with Crippen LogP contribution in [0.3, 0.4) is 0 Å². The average Bonchev–Trinajstić information content (AvgIpc) is 3.87. The van der Waals surface area contributed by atoms with Gasteiger partial charge in [-0.15, -0.1) is 0 Å². The van der Waals surface area contributed by atoms with E-state index in [0.717, 1.165) is 61.1 Å². The van der Waals surface area contributed by atoms with Crippen molar-refractivity contribution < 1.29 is 4.42 Å². The number of furan rings is 1. The zero-order chi connectivity index (χ0) is 41.0. The maximum absolute atomic E-state index is 6.27. The molecule has 2 aliphatic rings. The summed E-state index contributed by atoms with van der Waals surface area (Å²) in [6.45, 7) is 9.51. The first kappa shape index (κ1) is 35.6. The van der Waals surface area contributed by atoms with Crippen LogP contribution in [-0.4, -0.2) is 9.97 Å². The number of fused-ring (bicyclic) bond motifs is 9. The van der Waals surface area contributed by atoms with E-state index in [1.807, 2.05) is 36.4 Å². The van der Waals surface area contributed by atoms with Gasteiger partial charge in [0.05, 0.1) is 11.4 Å². The summed E-state index contributed by atoms with van der Waals surface area (Å²) in [7, 11) is 0. The van der Waals surface area contributed by atoms with Crippen molar-refractivity contribution in [2.45, 2.75) is 38.5 Å². The smallest absolute Gasteiger partial charge is 0.160 e. The number of rotatable bonds is 5. The zero-order valence-corrected chi connectivity index (χ0v) is 34.6. The van der Waals surface area contributed by atoms with Crippen LogP contribution in [0.4, 0.5) is 0 Å².